The van der Waals surface area contributed by atoms with Crippen LogP contribution in [-0.2, 0) is 21.7 Å². The maximum Gasteiger partial charge on any atom is 0.0561 e. The number of fused-ring (bicyclic) bond motifs is 6. The molecule has 8 rings (SSSR count). The van der Waals surface area contributed by atoms with Crippen molar-refractivity contribution in [1.82, 2.24) is 9.13 Å². The Morgan fingerprint density at radius 2 is 0.611 bits per heavy atom. The van der Waals surface area contributed by atoms with Crippen LogP contribution in [0.2, 0.25) is 0 Å². The Kier molecular flexibility index (Phi) is 8.13. The highest BCUT2D eigenvalue weighted by Crippen LogP contribution is 2.44. The van der Waals surface area contributed by atoms with Crippen LogP contribution in [0, 0.1) is 0 Å². The summed E-state index contributed by atoms with van der Waals surface area (Å²) in [5.74, 6) is 0. The molecule has 2 heterocycles. The van der Waals surface area contributed by atoms with Crippen molar-refractivity contribution >= 4 is 43.6 Å². The Morgan fingerprint density at radius 1 is 0.315 bits per heavy atom. The minimum atomic E-state index is 0.00858. The van der Waals surface area contributed by atoms with E-state index in [1.54, 1.807) is 0 Å². The number of hydrogen-bond acceptors (Lipinski definition) is 0. The molecule has 2 heteroatoms. The normalized spacial score (nSPS) is 13.2. The number of hydrogen-bond donors (Lipinski definition) is 0. The minimum Gasteiger partial charge on any atom is -0.309 e. The third kappa shape index (κ3) is 5.95. The molecular weight excluding hydrogens is 653 g/mol. The topological polar surface area (TPSA) is 9.86 Å². The number of rotatable bonds is 3. The van der Waals surface area contributed by atoms with Crippen molar-refractivity contribution in [1.29, 1.82) is 0 Å². The molecule has 0 saturated heterocycles. The second-order valence-corrected chi connectivity index (χ2v) is 19.6. The van der Waals surface area contributed by atoms with E-state index < -0.39 is 0 Å². The Morgan fingerprint density at radius 3 is 0.889 bits per heavy atom. The first kappa shape index (κ1) is 35.9. The van der Waals surface area contributed by atoms with Crippen molar-refractivity contribution in [3.8, 4) is 22.5 Å². The lowest BCUT2D eigenvalue weighted by Crippen LogP contribution is -2.12. The molecule has 0 radical (unpaired) electrons. The molecule has 0 saturated carbocycles. The van der Waals surface area contributed by atoms with Crippen LogP contribution in [0.15, 0.2) is 121 Å². The Labute approximate surface area is 322 Å². The van der Waals surface area contributed by atoms with Crippen molar-refractivity contribution in [2.24, 2.45) is 0 Å². The van der Waals surface area contributed by atoms with Gasteiger partial charge in [0.1, 0.15) is 0 Å². The smallest absolute Gasteiger partial charge is 0.0561 e. The highest BCUT2D eigenvalue weighted by Gasteiger charge is 2.26. The van der Waals surface area contributed by atoms with Crippen LogP contribution >= 0.6 is 0 Å². The zero-order chi connectivity index (χ0) is 38.5. The van der Waals surface area contributed by atoms with E-state index in [4.69, 9.17) is 0 Å². The fraction of sp³-hybridized carbons (Fsp3) is 0.308. The lowest BCUT2D eigenvalue weighted by atomic mass is 9.86. The molecule has 0 spiro atoms. The lowest BCUT2D eigenvalue weighted by molar-refractivity contribution is 0.590. The third-order valence-electron chi connectivity index (χ3n) is 11.6. The van der Waals surface area contributed by atoms with E-state index in [0.717, 1.165) is 0 Å². The number of aromatic nitrogens is 2. The lowest BCUT2D eigenvalue weighted by Gasteiger charge is -2.23. The average Bonchev–Trinajstić information content (AvgIpc) is 3.61. The Hall–Kier alpha value is -5.08. The summed E-state index contributed by atoms with van der Waals surface area (Å²) >= 11 is 0. The predicted octanol–water partition coefficient (Wildman–Crippen LogP) is 14.7. The molecule has 0 aliphatic rings. The molecule has 0 aliphatic heterocycles. The largest absolute Gasteiger partial charge is 0.309 e. The highest BCUT2D eigenvalue weighted by molar-refractivity contribution is 6.12. The highest BCUT2D eigenvalue weighted by atomic mass is 15.0. The summed E-state index contributed by atoms with van der Waals surface area (Å²) < 4.78 is 5.13. The van der Waals surface area contributed by atoms with Gasteiger partial charge in [-0.05, 0) is 85.9 Å². The summed E-state index contributed by atoms with van der Waals surface area (Å²) in [4.78, 5) is 0. The first-order valence-electron chi connectivity index (χ1n) is 19.7. The van der Waals surface area contributed by atoms with Crippen molar-refractivity contribution in [3.05, 3.63) is 144 Å². The molecular formula is C52H56N2. The van der Waals surface area contributed by atoms with Gasteiger partial charge < -0.3 is 9.13 Å². The summed E-state index contributed by atoms with van der Waals surface area (Å²) in [6.45, 7) is 27.8. The molecule has 0 N–H and O–H groups in total. The van der Waals surface area contributed by atoms with E-state index in [-0.39, 0.29) is 21.7 Å². The fourth-order valence-corrected chi connectivity index (χ4v) is 8.22. The summed E-state index contributed by atoms with van der Waals surface area (Å²) in [6.07, 6.45) is 0. The Bertz CT molecular complexity index is 2410. The van der Waals surface area contributed by atoms with E-state index in [1.165, 1.54) is 88.4 Å². The van der Waals surface area contributed by atoms with Crippen LogP contribution in [0.1, 0.15) is 105 Å². The van der Waals surface area contributed by atoms with E-state index in [9.17, 15) is 0 Å². The van der Waals surface area contributed by atoms with E-state index in [1.807, 2.05) is 0 Å². The molecule has 2 nitrogen and oxygen atoms in total. The molecule has 2 aromatic heterocycles. The van der Waals surface area contributed by atoms with Crippen molar-refractivity contribution in [2.75, 3.05) is 0 Å². The van der Waals surface area contributed by atoms with Gasteiger partial charge in [-0.1, -0.05) is 168 Å². The second-order valence-electron chi connectivity index (χ2n) is 19.6. The SMILES string of the molecule is CC(C)(C)c1ccc2c3ccc(C(C)(C)C)cc3n(-c3cccc(-n4c5cc(C(C)(C)C)ccc5c5ccc(C(C)(C)C)cc54)c3-c3ccccc3)c2c1. The third-order valence-corrected chi connectivity index (χ3v) is 11.6. The van der Waals surface area contributed by atoms with E-state index >= 15 is 0 Å². The summed E-state index contributed by atoms with van der Waals surface area (Å²) in [5, 5.41) is 5.13. The number of benzene rings is 6. The zero-order valence-corrected chi connectivity index (χ0v) is 34.4. The molecule has 6 aromatic carbocycles. The van der Waals surface area contributed by atoms with E-state index in [0.29, 0.717) is 0 Å². The van der Waals surface area contributed by atoms with Crippen LogP contribution in [0.5, 0.6) is 0 Å². The van der Waals surface area contributed by atoms with Crippen LogP contribution in [-0.4, -0.2) is 9.13 Å². The van der Waals surface area contributed by atoms with Gasteiger partial charge in [-0.15, -0.1) is 0 Å². The van der Waals surface area contributed by atoms with Gasteiger partial charge in [-0.3, -0.25) is 0 Å². The van der Waals surface area contributed by atoms with Crippen LogP contribution in [0.4, 0.5) is 0 Å². The van der Waals surface area contributed by atoms with Gasteiger partial charge in [0, 0.05) is 27.1 Å². The monoisotopic (exact) mass is 708 g/mol. The number of nitrogens with zero attached hydrogens (tertiary/aromatic N) is 2. The second kappa shape index (κ2) is 12.2. The van der Waals surface area contributed by atoms with Gasteiger partial charge in [0.25, 0.3) is 0 Å². The van der Waals surface area contributed by atoms with Crippen molar-refractivity contribution in [2.45, 2.75) is 105 Å². The van der Waals surface area contributed by atoms with Gasteiger partial charge in [0.05, 0.1) is 33.4 Å². The van der Waals surface area contributed by atoms with Crippen molar-refractivity contribution < 1.29 is 0 Å². The van der Waals surface area contributed by atoms with Crippen LogP contribution < -0.4 is 0 Å². The van der Waals surface area contributed by atoms with Crippen LogP contribution in [0.3, 0.4) is 0 Å². The van der Waals surface area contributed by atoms with Gasteiger partial charge >= 0.3 is 0 Å². The van der Waals surface area contributed by atoms with Gasteiger partial charge in [0.2, 0.25) is 0 Å². The molecule has 0 bridgehead atoms. The molecule has 8 aromatic rings. The standard InChI is InChI=1S/C52H56N2/c1-49(2,3)34-21-25-38-39-26-22-35(50(4,5)6)30-45(39)53(44(38)29-34)42-19-16-20-43(48(42)33-17-14-13-15-18-33)54-46-31-36(51(7,8)9)23-27-40(46)41-28-24-37(32-47(41)54)52(10,11)12/h13-32H,1-12H3. The van der Waals surface area contributed by atoms with E-state index in [2.05, 4.69) is 214 Å². The van der Waals surface area contributed by atoms with Gasteiger partial charge in [-0.2, -0.15) is 0 Å². The quantitative estimate of drug-likeness (QED) is 0.173. The van der Waals surface area contributed by atoms with Gasteiger partial charge in [0.15, 0.2) is 0 Å². The molecule has 0 aliphatic carbocycles. The Balaban J connectivity index is 1.57. The zero-order valence-electron chi connectivity index (χ0n) is 34.4. The molecule has 0 fully saturated rings. The van der Waals surface area contributed by atoms with Crippen LogP contribution in [0.25, 0.3) is 66.1 Å². The molecule has 0 unspecified atom stereocenters. The molecule has 0 amide bonds. The molecule has 54 heavy (non-hydrogen) atoms. The molecule has 274 valence electrons. The minimum absolute atomic E-state index is 0.00858. The maximum absolute atomic E-state index is 2.57. The average molecular weight is 709 g/mol. The summed E-state index contributed by atoms with van der Waals surface area (Å²) in [6, 6.07) is 46.5. The fourth-order valence-electron chi connectivity index (χ4n) is 8.22. The predicted molar refractivity (Wildman–Crippen MR) is 235 cm³/mol. The summed E-state index contributed by atoms with van der Waals surface area (Å²) in [7, 11) is 0. The van der Waals surface area contributed by atoms with Gasteiger partial charge in [-0.25, -0.2) is 0 Å². The summed E-state index contributed by atoms with van der Waals surface area (Å²) in [5.41, 5.74) is 15.1. The van der Waals surface area contributed by atoms with Crippen molar-refractivity contribution in [3.63, 3.8) is 0 Å². The first-order valence-corrected chi connectivity index (χ1v) is 19.7. The molecule has 0 atom stereocenters. The first-order chi connectivity index (χ1) is 25.3. The maximum atomic E-state index is 2.57.